The van der Waals surface area contributed by atoms with Crippen LogP contribution in [0.3, 0.4) is 0 Å². The van der Waals surface area contributed by atoms with Gasteiger partial charge in [0.05, 0.1) is 22.5 Å². The molecule has 0 bridgehead atoms. The van der Waals surface area contributed by atoms with E-state index in [1.807, 2.05) is 0 Å². The number of hydrogen-bond donors (Lipinski definition) is 4. The minimum atomic E-state index is -1.13. The van der Waals surface area contributed by atoms with Gasteiger partial charge in [-0.3, -0.25) is 9.98 Å². The predicted molar refractivity (Wildman–Crippen MR) is 111 cm³/mol. The molecule has 0 atom stereocenters. The van der Waals surface area contributed by atoms with E-state index < -0.39 is 11.9 Å². The molecule has 150 valence electrons. The molecular formula is C22H16N2O6. The van der Waals surface area contributed by atoms with Gasteiger partial charge in [-0.25, -0.2) is 9.59 Å². The van der Waals surface area contributed by atoms with Gasteiger partial charge in [0.2, 0.25) is 0 Å². The summed E-state index contributed by atoms with van der Waals surface area (Å²) in [4.78, 5) is 30.7. The molecular weight excluding hydrogens is 388 g/mol. The van der Waals surface area contributed by atoms with Crippen LogP contribution in [0.15, 0.2) is 70.6 Å². The molecule has 0 aromatic heterocycles. The highest BCUT2D eigenvalue weighted by Gasteiger charge is 2.08. The zero-order valence-corrected chi connectivity index (χ0v) is 15.4. The van der Waals surface area contributed by atoms with E-state index in [4.69, 9.17) is 10.2 Å². The molecule has 0 heterocycles. The fourth-order valence-corrected chi connectivity index (χ4v) is 2.54. The highest BCUT2D eigenvalue weighted by molar-refractivity contribution is 5.95. The maximum atomic E-state index is 11.1. The molecule has 3 aromatic rings. The van der Waals surface area contributed by atoms with Gasteiger partial charge in [0.1, 0.15) is 11.5 Å². The standard InChI is InChI=1S/C22H16N2O6/c25-19-7-5-13(21(27)28)9-15(19)11-23-17-3-1-2-4-18(17)24-12-16-10-14(22(29)30)6-8-20(16)26/h1-12,25-26H,(H,27,28)(H,29,30). The van der Waals surface area contributed by atoms with Crippen molar-refractivity contribution in [3.05, 3.63) is 82.9 Å². The molecule has 8 nitrogen and oxygen atoms in total. The molecule has 0 amide bonds. The van der Waals surface area contributed by atoms with E-state index in [1.165, 1.54) is 48.8 Å². The molecule has 0 fully saturated rings. The van der Waals surface area contributed by atoms with Crippen LogP contribution < -0.4 is 0 Å². The number of benzene rings is 3. The lowest BCUT2D eigenvalue weighted by Gasteiger charge is -2.03. The molecule has 0 aliphatic carbocycles. The predicted octanol–water partition coefficient (Wildman–Crippen LogP) is 4.00. The fraction of sp³-hybridized carbons (Fsp3) is 0. The van der Waals surface area contributed by atoms with Crippen molar-refractivity contribution in [1.29, 1.82) is 0 Å². The van der Waals surface area contributed by atoms with Crippen LogP contribution in [0.1, 0.15) is 31.8 Å². The number of carbonyl (C=O) groups is 2. The molecule has 0 radical (unpaired) electrons. The van der Waals surface area contributed by atoms with Gasteiger partial charge in [0, 0.05) is 23.6 Å². The van der Waals surface area contributed by atoms with Crippen molar-refractivity contribution in [2.45, 2.75) is 0 Å². The Morgan fingerprint density at radius 2 is 1.07 bits per heavy atom. The third-order valence-corrected chi connectivity index (χ3v) is 4.12. The summed E-state index contributed by atoms with van der Waals surface area (Å²) < 4.78 is 0. The van der Waals surface area contributed by atoms with Crippen molar-refractivity contribution >= 4 is 35.7 Å². The van der Waals surface area contributed by atoms with E-state index in [1.54, 1.807) is 24.3 Å². The smallest absolute Gasteiger partial charge is 0.335 e. The van der Waals surface area contributed by atoms with Crippen molar-refractivity contribution < 1.29 is 30.0 Å². The maximum absolute atomic E-state index is 11.1. The second-order valence-electron chi connectivity index (χ2n) is 6.16. The minimum absolute atomic E-state index is 0.00865. The maximum Gasteiger partial charge on any atom is 0.335 e. The van der Waals surface area contributed by atoms with Gasteiger partial charge in [-0.15, -0.1) is 0 Å². The first-order chi connectivity index (χ1) is 14.3. The van der Waals surface area contributed by atoms with E-state index in [0.29, 0.717) is 11.4 Å². The Bertz CT molecular complexity index is 1090. The van der Waals surface area contributed by atoms with Crippen LogP contribution in [0.25, 0.3) is 0 Å². The van der Waals surface area contributed by atoms with Crippen molar-refractivity contribution in [2.75, 3.05) is 0 Å². The highest BCUT2D eigenvalue weighted by Crippen LogP contribution is 2.28. The van der Waals surface area contributed by atoms with E-state index in [9.17, 15) is 19.8 Å². The van der Waals surface area contributed by atoms with E-state index >= 15 is 0 Å². The molecule has 8 heteroatoms. The number of carboxylic acids is 2. The van der Waals surface area contributed by atoms with Crippen LogP contribution >= 0.6 is 0 Å². The summed E-state index contributed by atoms with van der Waals surface area (Å²) in [5.74, 6) is -2.50. The molecule has 0 saturated heterocycles. The Morgan fingerprint density at radius 3 is 1.43 bits per heavy atom. The summed E-state index contributed by atoms with van der Waals surface area (Å²) in [6.45, 7) is 0. The van der Waals surface area contributed by atoms with E-state index in [0.717, 1.165) is 0 Å². The second kappa shape index (κ2) is 8.70. The minimum Gasteiger partial charge on any atom is -0.507 e. The van der Waals surface area contributed by atoms with Crippen molar-refractivity contribution in [3.63, 3.8) is 0 Å². The summed E-state index contributed by atoms with van der Waals surface area (Å²) in [5, 5.41) is 38.0. The Morgan fingerprint density at radius 1 is 0.667 bits per heavy atom. The third-order valence-electron chi connectivity index (χ3n) is 4.12. The first kappa shape index (κ1) is 20.3. The number of phenolic OH excluding ortho intramolecular Hbond substituents is 2. The van der Waals surface area contributed by atoms with Crippen LogP contribution in [0, 0.1) is 0 Å². The summed E-state index contributed by atoms with van der Waals surface area (Å²) in [6.07, 6.45) is 2.64. The van der Waals surface area contributed by atoms with Gasteiger partial charge in [0.15, 0.2) is 0 Å². The Labute approximate surface area is 170 Å². The van der Waals surface area contributed by atoms with Crippen molar-refractivity contribution in [3.8, 4) is 11.5 Å². The first-order valence-corrected chi connectivity index (χ1v) is 8.65. The van der Waals surface area contributed by atoms with Gasteiger partial charge < -0.3 is 20.4 Å². The molecule has 4 N–H and O–H groups in total. The number of aromatic hydroxyl groups is 2. The lowest BCUT2D eigenvalue weighted by atomic mass is 10.1. The number of hydrogen-bond acceptors (Lipinski definition) is 6. The summed E-state index contributed by atoms with van der Waals surface area (Å²) in [7, 11) is 0. The quantitative estimate of drug-likeness (QED) is 0.458. The van der Waals surface area contributed by atoms with E-state index in [-0.39, 0.29) is 33.8 Å². The van der Waals surface area contributed by atoms with Crippen LogP contribution in [0.5, 0.6) is 11.5 Å². The monoisotopic (exact) mass is 404 g/mol. The molecule has 0 saturated carbocycles. The van der Waals surface area contributed by atoms with Gasteiger partial charge in [0.25, 0.3) is 0 Å². The van der Waals surface area contributed by atoms with Gasteiger partial charge in [-0.1, -0.05) is 12.1 Å². The summed E-state index contributed by atoms with van der Waals surface area (Å²) in [5.41, 5.74) is 1.30. The summed E-state index contributed by atoms with van der Waals surface area (Å²) >= 11 is 0. The molecule has 30 heavy (non-hydrogen) atoms. The van der Waals surface area contributed by atoms with Gasteiger partial charge in [-0.05, 0) is 48.5 Å². The lowest BCUT2D eigenvalue weighted by Crippen LogP contribution is -1.97. The molecule has 0 aliphatic heterocycles. The van der Waals surface area contributed by atoms with Crippen LogP contribution in [0.2, 0.25) is 0 Å². The number of carboxylic acid groups (broad SMARTS) is 2. The number of aromatic carboxylic acids is 2. The number of aliphatic imine (C=N–C) groups is 2. The number of nitrogens with zero attached hydrogens (tertiary/aromatic N) is 2. The number of phenols is 2. The zero-order valence-electron chi connectivity index (χ0n) is 15.4. The number of para-hydroxylation sites is 2. The second-order valence-corrected chi connectivity index (χ2v) is 6.16. The molecule has 0 unspecified atom stereocenters. The topological polar surface area (TPSA) is 140 Å². The Balaban J connectivity index is 1.93. The third kappa shape index (κ3) is 4.68. The van der Waals surface area contributed by atoms with Gasteiger partial charge >= 0.3 is 11.9 Å². The molecule has 3 rings (SSSR count). The summed E-state index contributed by atoms with van der Waals surface area (Å²) in [6, 6.07) is 14.5. The highest BCUT2D eigenvalue weighted by atomic mass is 16.4. The molecule has 0 spiro atoms. The number of rotatable bonds is 6. The Hall–Kier alpha value is -4.46. The Kier molecular flexibility index (Phi) is 5.88. The largest absolute Gasteiger partial charge is 0.507 e. The average molecular weight is 404 g/mol. The van der Waals surface area contributed by atoms with E-state index in [2.05, 4.69) is 9.98 Å². The first-order valence-electron chi connectivity index (χ1n) is 8.65. The normalized spacial score (nSPS) is 11.2. The lowest BCUT2D eigenvalue weighted by molar-refractivity contribution is 0.0686. The molecule has 0 aliphatic rings. The van der Waals surface area contributed by atoms with Crippen LogP contribution in [0.4, 0.5) is 11.4 Å². The molecule has 3 aromatic carbocycles. The van der Waals surface area contributed by atoms with Crippen LogP contribution in [-0.4, -0.2) is 44.8 Å². The zero-order chi connectivity index (χ0) is 21.7. The average Bonchev–Trinajstić information content (AvgIpc) is 2.72. The van der Waals surface area contributed by atoms with Crippen LogP contribution in [-0.2, 0) is 0 Å². The van der Waals surface area contributed by atoms with Crippen molar-refractivity contribution in [2.24, 2.45) is 9.98 Å². The van der Waals surface area contributed by atoms with Gasteiger partial charge in [-0.2, -0.15) is 0 Å². The fourth-order valence-electron chi connectivity index (χ4n) is 2.54. The SMILES string of the molecule is O=C(O)c1ccc(O)c(C=Nc2ccccc2N=Cc2cc(C(=O)O)ccc2O)c1. The van der Waals surface area contributed by atoms with Crippen molar-refractivity contribution in [1.82, 2.24) is 0 Å².